The molecular formula is C17H31IN6O2. The van der Waals surface area contributed by atoms with Gasteiger partial charge in [0.05, 0.1) is 25.9 Å². The Kier molecular flexibility index (Phi) is 10.6. The molecule has 1 aromatic rings. The van der Waals surface area contributed by atoms with Gasteiger partial charge in [-0.2, -0.15) is 5.10 Å². The summed E-state index contributed by atoms with van der Waals surface area (Å²) in [5.74, 6) is 0.889. The van der Waals surface area contributed by atoms with E-state index in [-0.39, 0.29) is 36.0 Å². The lowest BCUT2D eigenvalue weighted by molar-refractivity contribution is -0.120. The Balaban J connectivity index is 0.00000338. The molecule has 2 rings (SSSR count). The van der Waals surface area contributed by atoms with Crippen LogP contribution in [0.25, 0.3) is 0 Å². The van der Waals surface area contributed by atoms with Gasteiger partial charge in [-0.1, -0.05) is 6.92 Å². The summed E-state index contributed by atoms with van der Waals surface area (Å²) in [4.78, 5) is 18.5. The number of amides is 1. The van der Waals surface area contributed by atoms with Gasteiger partial charge in [-0.25, -0.2) is 0 Å². The monoisotopic (exact) mass is 478 g/mol. The quantitative estimate of drug-likeness (QED) is 0.351. The Hall–Kier alpha value is -1.36. The molecule has 1 aliphatic rings. The van der Waals surface area contributed by atoms with E-state index in [1.807, 2.05) is 33.3 Å². The number of guanidine groups is 1. The number of aliphatic imine (C=N–C) groups is 1. The largest absolute Gasteiger partial charge is 0.370 e. The predicted molar refractivity (Wildman–Crippen MR) is 113 cm³/mol. The van der Waals surface area contributed by atoms with Gasteiger partial charge in [0.2, 0.25) is 5.91 Å². The number of nitrogens with zero attached hydrogens (tertiary/aromatic N) is 4. The lowest BCUT2D eigenvalue weighted by atomic mass is 10.1. The number of ether oxygens (including phenoxy) is 1. The molecule has 0 spiro atoms. The molecule has 9 heteroatoms. The molecule has 148 valence electrons. The maximum absolute atomic E-state index is 11.7. The minimum absolute atomic E-state index is 0. The van der Waals surface area contributed by atoms with Crippen molar-refractivity contribution in [3.8, 4) is 0 Å². The second-order valence-electron chi connectivity index (χ2n) is 6.09. The molecular weight excluding hydrogens is 447 g/mol. The van der Waals surface area contributed by atoms with Crippen molar-refractivity contribution in [1.82, 2.24) is 25.3 Å². The van der Waals surface area contributed by atoms with Gasteiger partial charge in [0.15, 0.2) is 5.96 Å². The summed E-state index contributed by atoms with van der Waals surface area (Å²) in [7, 11) is 1.90. The van der Waals surface area contributed by atoms with E-state index in [1.54, 1.807) is 4.68 Å². The van der Waals surface area contributed by atoms with E-state index in [2.05, 4.69) is 25.6 Å². The van der Waals surface area contributed by atoms with Gasteiger partial charge in [-0.05, 0) is 13.3 Å². The highest BCUT2D eigenvalue weighted by Crippen LogP contribution is 2.21. The molecule has 8 nitrogen and oxygen atoms in total. The molecule has 1 aliphatic heterocycles. The molecule has 0 radical (unpaired) electrons. The lowest BCUT2D eigenvalue weighted by Gasteiger charge is -2.34. The van der Waals surface area contributed by atoms with Crippen molar-refractivity contribution in [2.75, 3.05) is 39.3 Å². The summed E-state index contributed by atoms with van der Waals surface area (Å²) in [6.45, 7) is 8.22. The SMILES string of the molecule is CCCNC(=O)CCN=C(NCC)N1CCOC(c2cnn(C)c2)C1.I. The van der Waals surface area contributed by atoms with Crippen molar-refractivity contribution in [2.24, 2.45) is 12.0 Å². The number of aromatic nitrogens is 2. The Morgan fingerprint density at radius 2 is 2.23 bits per heavy atom. The number of carbonyl (C=O) groups is 1. The Bertz CT molecular complexity index is 577. The van der Waals surface area contributed by atoms with Crippen LogP contribution in [0.1, 0.15) is 38.4 Å². The summed E-state index contributed by atoms with van der Waals surface area (Å²) < 4.78 is 7.66. The second kappa shape index (κ2) is 12.1. The molecule has 1 aromatic heterocycles. The van der Waals surface area contributed by atoms with Crippen molar-refractivity contribution >= 4 is 35.8 Å². The van der Waals surface area contributed by atoms with Crippen molar-refractivity contribution < 1.29 is 9.53 Å². The van der Waals surface area contributed by atoms with Crippen molar-refractivity contribution in [1.29, 1.82) is 0 Å². The van der Waals surface area contributed by atoms with Crippen LogP contribution in [0.2, 0.25) is 0 Å². The fourth-order valence-corrected chi connectivity index (χ4v) is 2.69. The first kappa shape index (κ1) is 22.7. The van der Waals surface area contributed by atoms with Gasteiger partial charge in [0, 0.05) is 44.9 Å². The zero-order valence-corrected chi connectivity index (χ0v) is 18.2. The van der Waals surface area contributed by atoms with Gasteiger partial charge >= 0.3 is 0 Å². The maximum Gasteiger partial charge on any atom is 0.221 e. The van der Waals surface area contributed by atoms with Crippen LogP contribution in [0, 0.1) is 0 Å². The van der Waals surface area contributed by atoms with Gasteiger partial charge in [-0.3, -0.25) is 14.5 Å². The third-order valence-electron chi connectivity index (χ3n) is 3.97. The molecule has 0 aliphatic carbocycles. The average molecular weight is 478 g/mol. The Morgan fingerprint density at radius 3 is 2.88 bits per heavy atom. The van der Waals surface area contributed by atoms with Gasteiger partial charge in [-0.15, -0.1) is 24.0 Å². The van der Waals surface area contributed by atoms with E-state index in [4.69, 9.17) is 4.74 Å². The molecule has 26 heavy (non-hydrogen) atoms. The van der Waals surface area contributed by atoms with Crippen LogP contribution in [0.15, 0.2) is 17.4 Å². The van der Waals surface area contributed by atoms with E-state index in [0.717, 1.165) is 44.1 Å². The molecule has 2 heterocycles. The van der Waals surface area contributed by atoms with Crippen LogP contribution in [0.3, 0.4) is 0 Å². The molecule has 1 saturated heterocycles. The summed E-state index contributed by atoms with van der Waals surface area (Å²) in [5.41, 5.74) is 1.07. The minimum atomic E-state index is -0.0147. The highest BCUT2D eigenvalue weighted by molar-refractivity contribution is 14.0. The van der Waals surface area contributed by atoms with Crippen LogP contribution in [0.5, 0.6) is 0 Å². The third kappa shape index (κ3) is 7.10. The minimum Gasteiger partial charge on any atom is -0.370 e. The highest BCUT2D eigenvalue weighted by Gasteiger charge is 2.25. The molecule has 1 unspecified atom stereocenters. The predicted octanol–water partition coefficient (Wildman–Crippen LogP) is 1.29. The number of aryl methyl sites for hydroxylation is 1. The lowest BCUT2D eigenvalue weighted by Crippen LogP contribution is -2.48. The third-order valence-corrected chi connectivity index (χ3v) is 3.97. The molecule has 1 fully saturated rings. The topological polar surface area (TPSA) is 83.8 Å². The van der Waals surface area contributed by atoms with Crippen molar-refractivity contribution in [3.05, 3.63) is 18.0 Å². The number of nitrogens with one attached hydrogen (secondary N) is 2. The van der Waals surface area contributed by atoms with Gasteiger partial charge in [0.25, 0.3) is 0 Å². The second-order valence-corrected chi connectivity index (χ2v) is 6.09. The Labute approximate surface area is 172 Å². The first-order valence-corrected chi connectivity index (χ1v) is 9.04. The molecule has 2 N–H and O–H groups in total. The fraction of sp³-hybridized carbons (Fsp3) is 0.706. The molecule has 1 atom stereocenters. The van der Waals surface area contributed by atoms with Crippen molar-refractivity contribution in [2.45, 2.75) is 32.8 Å². The zero-order valence-electron chi connectivity index (χ0n) is 15.9. The number of halogens is 1. The van der Waals surface area contributed by atoms with E-state index < -0.39 is 0 Å². The fourth-order valence-electron chi connectivity index (χ4n) is 2.69. The number of rotatable bonds is 7. The van der Waals surface area contributed by atoms with Gasteiger partial charge in [0.1, 0.15) is 6.10 Å². The van der Waals surface area contributed by atoms with E-state index in [0.29, 0.717) is 19.6 Å². The number of hydrogen-bond donors (Lipinski definition) is 2. The summed E-state index contributed by atoms with van der Waals surface area (Å²) in [5, 5.41) is 10.4. The molecule has 0 aromatic carbocycles. The highest BCUT2D eigenvalue weighted by atomic mass is 127. The molecule has 1 amide bonds. The standard InChI is InChI=1S/C17H30N6O2.HI/c1-4-7-19-16(24)6-8-20-17(18-5-2)23-9-10-25-15(13-23)14-11-21-22(3)12-14;/h11-12,15H,4-10,13H2,1-3H3,(H,18,20)(H,19,24);1H. The number of carbonyl (C=O) groups excluding carboxylic acids is 1. The van der Waals surface area contributed by atoms with Crippen molar-refractivity contribution in [3.63, 3.8) is 0 Å². The summed E-state index contributed by atoms with van der Waals surface area (Å²) >= 11 is 0. The summed E-state index contributed by atoms with van der Waals surface area (Å²) in [6, 6.07) is 0. The molecule has 0 saturated carbocycles. The normalized spacial score (nSPS) is 17.6. The maximum atomic E-state index is 11.7. The van der Waals surface area contributed by atoms with E-state index >= 15 is 0 Å². The Morgan fingerprint density at radius 1 is 1.42 bits per heavy atom. The van der Waals surface area contributed by atoms with Crippen LogP contribution in [-0.4, -0.2) is 65.9 Å². The van der Waals surface area contributed by atoms with E-state index in [9.17, 15) is 4.79 Å². The average Bonchev–Trinajstić information content (AvgIpc) is 3.06. The zero-order chi connectivity index (χ0) is 18.1. The molecule has 0 bridgehead atoms. The first-order valence-electron chi connectivity index (χ1n) is 9.04. The van der Waals surface area contributed by atoms with Crippen LogP contribution >= 0.6 is 24.0 Å². The van der Waals surface area contributed by atoms with Crippen LogP contribution in [0.4, 0.5) is 0 Å². The van der Waals surface area contributed by atoms with Gasteiger partial charge < -0.3 is 20.3 Å². The van der Waals surface area contributed by atoms with Crippen LogP contribution < -0.4 is 10.6 Å². The smallest absolute Gasteiger partial charge is 0.221 e. The number of hydrogen-bond acceptors (Lipinski definition) is 4. The van der Waals surface area contributed by atoms with E-state index in [1.165, 1.54) is 0 Å². The first-order chi connectivity index (χ1) is 12.1. The summed E-state index contributed by atoms with van der Waals surface area (Å²) in [6.07, 6.45) is 5.16. The number of morpholine rings is 1. The van der Waals surface area contributed by atoms with Crippen LogP contribution in [-0.2, 0) is 16.6 Å².